The van der Waals surface area contributed by atoms with Gasteiger partial charge in [0.1, 0.15) is 18.0 Å². The zero-order valence-corrected chi connectivity index (χ0v) is 12.6. The molecule has 0 spiro atoms. The number of nitrogen functional groups attached to an aromatic ring is 1. The second-order valence-electron chi connectivity index (χ2n) is 5.28. The Bertz CT molecular complexity index is 391. The highest BCUT2D eigenvalue weighted by atomic mass is 15.3. The van der Waals surface area contributed by atoms with Crippen molar-refractivity contribution in [1.82, 2.24) is 14.9 Å². The monoisotopic (exact) mass is 266 g/mol. The van der Waals surface area contributed by atoms with Gasteiger partial charge in [-0.2, -0.15) is 0 Å². The van der Waals surface area contributed by atoms with Crippen LogP contribution in [0.2, 0.25) is 0 Å². The molecular weight excluding hydrogens is 240 g/mol. The summed E-state index contributed by atoms with van der Waals surface area (Å²) in [6.07, 6.45) is 1.52. The van der Waals surface area contributed by atoms with E-state index in [1.807, 2.05) is 0 Å². The summed E-state index contributed by atoms with van der Waals surface area (Å²) in [4.78, 5) is 10.7. The summed E-state index contributed by atoms with van der Waals surface area (Å²) < 4.78 is 0. The van der Waals surface area contributed by atoms with E-state index in [0.717, 1.165) is 24.5 Å². The van der Waals surface area contributed by atoms with Gasteiger partial charge in [-0.05, 0) is 26.8 Å². The molecule has 1 rings (SSSR count). The molecule has 1 heterocycles. The van der Waals surface area contributed by atoms with Crippen LogP contribution in [0.25, 0.3) is 0 Å². The molecule has 4 N–H and O–H groups in total. The molecule has 6 heteroatoms. The van der Waals surface area contributed by atoms with Crippen LogP contribution in [0.5, 0.6) is 0 Å². The topological polar surface area (TPSA) is 79.1 Å². The quantitative estimate of drug-likeness (QED) is 0.514. The fraction of sp³-hybridized carbons (Fsp3) is 0.692. The molecule has 0 saturated carbocycles. The molecule has 0 atom stereocenters. The van der Waals surface area contributed by atoms with Gasteiger partial charge in [-0.15, -0.1) is 0 Å². The van der Waals surface area contributed by atoms with E-state index < -0.39 is 0 Å². The number of nitrogens with zero attached hydrogens (tertiary/aromatic N) is 3. The van der Waals surface area contributed by atoms with Crippen molar-refractivity contribution in [2.75, 3.05) is 30.9 Å². The molecule has 0 aliphatic carbocycles. The van der Waals surface area contributed by atoms with Gasteiger partial charge in [0.15, 0.2) is 0 Å². The molecule has 108 valence electrons. The van der Waals surface area contributed by atoms with E-state index in [-0.39, 0.29) is 0 Å². The Labute approximate surface area is 115 Å². The van der Waals surface area contributed by atoms with Crippen LogP contribution in [-0.2, 0) is 0 Å². The lowest BCUT2D eigenvalue weighted by Gasteiger charge is -2.22. The van der Waals surface area contributed by atoms with Crippen LogP contribution < -0.4 is 16.6 Å². The number of hydrogen-bond acceptors (Lipinski definition) is 6. The highest BCUT2D eigenvalue weighted by Crippen LogP contribution is 2.27. The second-order valence-corrected chi connectivity index (χ2v) is 5.28. The van der Waals surface area contributed by atoms with Crippen LogP contribution in [0.1, 0.15) is 39.2 Å². The lowest BCUT2D eigenvalue weighted by Crippen LogP contribution is -2.31. The second kappa shape index (κ2) is 7.25. The third-order valence-corrected chi connectivity index (χ3v) is 3.24. The van der Waals surface area contributed by atoms with Crippen LogP contribution in [-0.4, -0.2) is 41.0 Å². The first-order chi connectivity index (χ1) is 8.97. The van der Waals surface area contributed by atoms with E-state index in [9.17, 15) is 0 Å². The summed E-state index contributed by atoms with van der Waals surface area (Å²) >= 11 is 0. The van der Waals surface area contributed by atoms with Crippen molar-refractivity contribution in [3.63, 3.8) is 0 Å². The van der Waals surface area contributed by atoms with Gasteiger partial charge in [0.2, 0.25) is 0 Å². The van der Waals surface area contributed by atoms with E-state index in [2.05, 4.69) is 60.4 Å². The Kier molecular flexibility index (Phi) is 5.98. The number of hydrazine groups is 1. The maximum Gasteiger partial charge on any atom is 0.148 e. The molecule has 0 unspecified atom stereocenters. The molecule has 0 amide bonds. The highest BCUT2D eigenvalue weighted by Gasteiger charge is 2.14. The van der Waals surface area contributed by atoms with Gasteiger partial charge in [-0.25, -0.2) is 15.8 Å². The lowest BCUT2D eigenvalue weighted by atomic mass is 10.0. The van der Waals surface area contributed by atoms with Crippen molar-refractivity contribution in [2.24, 2.45) is 5.84 Å². The summed E-state index contributed by atoms with van der Waals surface area (Å²) in [7, 11) is 2.11. The van der Waals surface area contributed by atoms with Crippen molar-refractivity contribution in [3.05, 3.63) is 11.9 Å². The first-order valence-corrected chi connectivity index (χ1v) is 6.73. The zero-order valence-electron chi connectivity index (χ0n) is 12.6. The van der Waals surface area contributed by atoms with Crippen LogP contribution in [0.4, 0.5) is 11.6 Å². The van der Waals surface area contributed by atoms with Crippen molar-refractivity contribution >= 4 is 11.6 Å². The van der Waals surface area contributed by atoms with E-state index in [1.54, 1.807) is 0 Å². The first kappa shape index (κ1) is 15.7. The Morgan fingerprint density at radius 1 is 1.21 bits per heavy atom. The number of hydrogen-bond donors (Lipinski definition) is 3. The number of anilines is 2. The average Bonchev–Trinajstić information content (AvgIpc) is 2.37. The molecule has 19 heavy (non-hydrogen) atoms. The molecule has 0 bridgehead atoms. The molecule has 0 aliphatic rings. The standard InChI is InChI=1S/C13H26N6/c1-9(2)11-12(16-8-17-13(11)18-14)15-6-7-19(5)10(3)4/h8-10H,6-7,14H2,1-5H3,(H2,15,16,17,18). The third-order valence-electron chi connectivity index (χ3n) is 3.24. The average molecular weight is 266 g/mol. The van der Waals surface area contributed by atoms with Crippen LogP contribution in [0, 0.1) is 0 Å². The van der Waals surface area contributed by atoms with E-state index >= 15 is 0 Å². The number of nitrogens with two attached hydrogens (primary N) is 1. The maximum atomic E-state index is 5.50. The summed E-state index contributed by atoms with van der Waals surface area (Å²) in [5, 5.41) is 3.37. The summed E-state index contributed by atoms with van der Waals surface area (Å²) in [6.45, 7) is 10.4. The van der Waals surface area contributed by atoms with E-state index in [1.165, 1.54) is 6.33 Å². The van der Waals surface area contributed by atoms with Gasteiger partial charge in [-0.3, -0.25) is 0 Å². The predicted molar refractivity (Wildman–Crippen MR) is 80.2 cm³/mol. The summed E-state index contributed by atoms with van der Waals surface area (Å²) in [6, 6.07) is 0.540. The van der Waals surface area contributed by atoms with Crippen molar-refractivity contribution in [2.45, 2.75) is 39.7 Å². The number of likely N-dealkylation sites (N-methyl/N-ethyl adjacent to an activating group) is 1. The highest BCUT2D eigenvalue weighted by molar-refractivity contribution is 5.58. The minimum atomic E-state index is 0.303. The minimum Gasteiger partial charge on any atom is -0.368 e. The third kappa shape index (κ3) is 4.33. The molecule has 0 saturated heterocycles. The smallest absolute Gasteiger partial charge is 0.148 e. The van der Waals surface area contributed by atoms with Crippen molar-refractivity contribution in [3.8, 4) is 0 Å². The van der Waals surface area contributed by atoms with Gasteiger partial charge >= 0.3 is 0 Å². The predicted octanol–water partition coefficient (Wildman–Crippen LogP) is 1.64. The van der Waals surface area contributed by atoms with Crippen molar-refractivity contribution in [1.29, 1.82) is 0 Å². The molecule has 1 aromatic heterocycles. The molecule has 1 aromatic rings. The van der Waals surface area contributed by atoms with E-state index in [0.29, 0.717) is 17.8 Å². The SMILES string of the molecule is CC(C)c1c(NN)ncnc1NCCN(C)C(C)C. The largest absolute Gasteiger partial charge is 0.368 e. The van der Waals surface area contributed by atoms with Gasteiger partial charge in [-0.1, -0.05) is 13.8 Å². The lowest BCUT2D eigenvalue weighted by molar-refractivity contribution is 0.284. The summed E-state index contributed by atoms with van der Waals surface area (Å²) in [5.41, 5.74) is 3.66. The Morgan fingerprint density at radius 2 is 1.84 bits per heavy atom. The molecule has 0 radical (unpaired) electrons. The van der Waals surface area contributed by atoms with Gasteiger partial charge in [0.25, 0.3) is 0 Å². The van der Waals surface area contributed by atoms with E-state index in [4.69, 9.17) is 5.84 Å². The van der Waals surface area contributed by atoms with Crippen molar-refractivity contribution < 1.29 is 0 Å². The molecule has 6 nitrogen and oxygen atoms in total. The maximum absolute atomic E-state index is 5.50. The van der Waals surface area contributed by atoms with Crippen LogP contribution in [0.3, 0.4) is 0 Å². The number of aromatic nitrogens is 2. The van der Waals surface area contributed by atoms with Crippen LogP contribution in [0.15, 0.2) is 6.33 Å². The van der Waals surface area contributed by atoms with Gasteiger partial charge in [0.05, 0.1) is 0 Å². The number of nitrogens with one attached hydrogen (secondary N) is 2. The Hall–Kier alpha value is -1.40. The molecule has 0 aliphatic heterocycles. The fourth-order valence-corrected chi connectivity index (χ4v) is 1.81. The molecule has 0 fully saturated rings. The normalized spacial score (nSPS) is 11.4. The fourth-order valence-electron chi connectivity index (χ4n) is 1.81. The summed E-state index contributed by atoms with van der Waals surface area (Å²) in [5.74, 6) is 7.34. The Morgan fingerprint density at radius 3 is 2.37 bits per heavy atom. The first-order valence-electron chi connectivity index (χ1n) is 6.73. The number of rotatable bonds is 7. The minimum absolute atomic E-state index is 0.303. The van der Waals surface area contributed by atoms with Gasteiger partial charge in [0, 0.05) is 24.7 Å². The van der Waals surface area contributed by atoms with Gasteiger partial charge < -0.3 is 15.6 Å². The Balaban J connectivity index is 2.73. The van der Waals surface area contributed by atoms with Crippen LogP contribution >= 0.6 is 0 Å². The molecular formula is C13H26N6. The molecule has 0 aromatic carbocycles. The zero-order chi connectivity index (χ0) is 14.4.